The maximum atomic E-state index is 2.66. The molecule has 19 heavy (non-hydrogen) atoms. The number of hydrogen-bond donors (Lipinski definition) is 0. The zero-order valence-corrected chi connectivity index (χ0v) is 13.3. The molecule has 1 aromatic rings. The number of halogens is 1. The van der Waals surface area contributed by atoms with Gasteiger partial charge in [0.2, 0.25) is 0 Å². The van der Waals surface area contributed by atoms with Crippen molar-refractivity contribution in [3.05, 3.63) is 41.0 Å². The van der Waals surface area contributed by atoms with Crippen molar-refractivity contribution in [1.29, 1.82) is 0 Å². The van der Waals surface area contributed by atoms with Crippen LogP contribution in [0.25, 0.3) is 5.57 Å². The molecule has 2 aliphatic heterocycles. The smallest absolute Gasteiger partial charge is 0.0313 e. The van der Waals surface area contributed by atoms with Gasteiger partial charge in [-0.1, -0.05) is 24.3 Å². The second-order valence-electron chi connectivity index (χ2n) is 6.13. The summed E-state index contributed by atoms with van der Waals surface area (Å²) in [5, 5.41) is 0. The van der Waals surface area contributed by atoms with Gasteiger partial charge in [0, 0.05) is 12.1 Å². The van der Waals surface area contributed by atoms with Crippen LogP contribution in [-0.2, 0) is 6.42 Å². The van der Waals surface area contributed by atoms with Crippen molar-refractivity contribution in [3.8, 4) is 0 Å². The Labute approximate surface area is 126 Å². The van der Waals surface area contributed by atoms with Crippen molar-refractivity contribution in [1.82, 2.24) is 4.90 Å². The van der Waals surface area contributed by atoms with Crippen LogP contribution in [0.2, 0.25) is 0 Å². The van der Waals surface area contributed by atoms with E-state index >= 15 is 0 Å². The molecule has 2 atom stereocenters. The Morgan fingerprint density at radius 3 is 2.84 bits per heavy atom. The van der Waals surface area contributed by atoms with Crippen LogP contribution in [0, 0.1) is 0 Å². The van der Waals surface area contributed by atoms with Gasteiger partial charge < -0.3 is 0 Å². The van der Waals surface area contributed by atoms with Crippen LogP contribution in [0.15, 0.2) is 29.8 Å². The molecular weight excluding hydrogens is 298 g/mol. The van der Waals surface area contributed by atoms with Crippen molar-refractivity contribution >= 4 is 22.6 Å². The van der Waals surface area contributed by atoms with Crippen molar-refractivity contribution in [2.75, 3.05) is 7.05 Å². The van der Waals surface area contributed by atoms with Gasteiger partial charge in [0.05, 0.1) is 0 Å². The molecule has 0 saturated carbocycles. The molecule has 4 rings (SSSR count). The van der Waals surface area contributed by atoms with Crippen molar-refractivity contribution < 1.29 is 0 Å². The number of piperidine rings is 1. The van der Waals surface area contributed by atoms with E-state index in [1.165, 1.54) is 38.5 Å². The monoisotopic (exact) mass is 319 g/mol. The van der Waals surface area contributed by atoms with Gasteiger partial charge in [-0.25, -0.2) is 0 Å². The summed E-state index contributed by atoms with van der Waals surface area (Å²) in [6, 6.07) is 10.6. The summed E-state index contributed by atoms with van der Waals surface area (Å²) < 4.78 is 0. The first-order valence-electron chi connectivity index (χ1n) is 7.37. The number of hydrogen-bond acceptors (Lipinski definition) is 1. The second kappa shape index (κ2) is 5.06. The molecule has 0 amide bonds. The summed E-state index contributed by atoms with van der Waals surface area (Å²) in [7, 11) is 2.35. The quantitative estimate of drug-likeness (QED) is 0.692. The summed E-state index contributed by atoms with van der Waals surface area (Å²) in [4.78, 5) is 2.66. The van der Waals surface area contributed by atoms with E-state index in [1.807, 2.05) is 0 Å². The lowest BCUT2D eigenvalue weighted by Gasteiger charge is -2.47. The highest BCUT2D eigenvalue weighted by molar-refractivity contribution is 8.93. The van der Waals surface area contributed by atoms with Crippen molar-refractivity contribution in [2.24, 2.45) is 0 Å². The molecule has 2 unspecified atom stereocenters. The van der Waals surface area contributed by atoms with E-state index in [-0.39, 0.29) is 17.0 Å². The third-order valence-corrected chi connectivity index (χ3v) is 5.32. The Bertz CT molecular complexity index is 520. The topological polar surface area (TPSA) is 3.24 Å². The number of rotatable bonds is 0. The van der Waals surface area contributed by atoms with Crippen molar-refractivity contribution in [2.45, 2.75) is 50.6 Å². The molecule has 1 fully saturated rings. The van der Waals surface area contributed by atoms with Crippen molar-refractivity contribution in [3.63, 3.8) is 0 Å². The fraction of sp³-hybridized carbons (Fsp3) is 0.529. The van der Waals surface area contributed by atoms with E-state index in [1.54, 1.807) is 22.3 Å². The predicted octanol–water partition coefficient (Wildman–Crippen LogP) is 4.22. The van der Waals surface area contributed by atoms with Crippen LogP contribution in [0.3, 0.4) is 0 Å². The van der Waals surface area contributed by atoms with E-state index < -0.39 is 0 Å². The van der Waals surface area contributed by atoms with E-state index in [2.05, 4.69) is 36.2 Å². The number of nitrogens with zero attached hydrogens (tertiary/aromatic N) is 1. The standard InChI is InChI=1S/C17H21N.BrH/c1-18-13-6-4-8-17(18)15-10-9-12-5-2-3-7-14(12)16(15)11-13;/h2-3,5,7,13,17H,4,6,8-11H2,1H3;1H. The van der Waals surface area contributed by atoms with Gasteiger partial charge in [-0.15, -0.1) is 17.0 Å². The average Bonchev–Trinajstić information content (AvgIpc) is 2.39. The molecule has 3 aliphatic rings. The first-order valence-corrected chi connectivity index (χ1v) is 7.37. The highest BCUT2D eigenvalue weighted by Gasteiger charge is 2.38. The first kappa shape index (κ1) is 13.4. The van der Waals surface area contributed by atoms with E-state index in [4.69, 9.17) is 0 Å². The van der Waals surface area contributed by atoms with Gasteiger partial charge in [0.1, 0.15) is 0 Å². The molecule has 2 bridgehead atoms. The van der Waals surface area contributed by atoms with Crippen LogP contribution in [0.1, 0.15) is 43.2 Å². The number of aryl methyl sites for hydroxylation is 1. The van der Waals surface area contributed by atoms with Crippen LogP contribution in [0.4, 0.5) is 0 Å². The molecule has 1 saturated heterocycles. The Kier molecular flexibility index (Phi) is 3.57. The maximum Gasteiger partial charge on any atom is 0.0313 e. The van der Waals surface area contributed by atoms with Gasteiger partial charge in [-0.3, -0.25) is 4.90 Å². The predicted molar refractivity (Wildman–Crippen MR) is 85.8 cm³/mol. The average molecular weight is 320 g/mol. The van der Waals surface area contributed by atoms with Crippen LogP contribution in [0.5, 0.6) is 0 Å². The largest absolute Gasteiger partial charge is 0.296 e. The Balaban J connectivity index is 0.00000110. The van der Waals surface area contributed by atoms with Gasteiger partial charge >= 0.3 is 0 Å². The van der Waals surface area contributed by atoms with Gasteiger partial charge in [0.25, 0.3) is 0 Å². The molecule has 0 spiro atoms. The summed E-state index contributed by atoms with van der Waals surface area (Å²) >= 11 is 0. The zero-order valence-electron chi connectivity index (χ0n) is 11.6. The number of fused-ring (bicyclic) bond motifs is 5. The molecule has 1 aliphatic carbocycles. The van der Waals surface area contributed by atoms with Crippen LogP contribution in [-0.4, -0.2) is 24.0 Å². The zero-order chi connectivity index (χ0) is 12.1. The minimum absolute atomic E-state index is 0. The lowest BCUT2D eigenvalue weighted by molar-refractivity contribution is 0.126. The second-order valence-corrected chi connectivity index (χ2v) is 6.13. The van der Waals surface area contributed by atoms with Gasteiger partial charge in [-0.2, -0.15) is 0 Å². The van der Waals surface area contributed by atoms with E-state index in [9.17, 15) is 0 Å². The SMILES string of the molecule is Br.CN1C2CCCC1C1=C(C2)c2ccccc2CC1. The molecule has 1 nitrogen and oxygen atoms in total. The van der Waals surface area contributed by atoms with Crippen LogP contribution < -0.4 is 0 Å². The fourth-order valence-corrected chi connectivity index (χ4v) is 4.34. The third kappa shape index (κ3) is 2.00. The summed E-state index contributed by atoms with van der Waals surface area (Å²) in [6.07, 6.45) is 8.05. The van der Waals surface area contributed by atoms with E-state index in [0.717, 1.165) is 12.1 Å². The Morgan fingerprint density at radius 1 is 1.11 bits per heavy atom. The Hall–Kier alpha value is -0.600. The van der Waals surface area contributed by atoms with Crippen LogP contribution >= 0.6 is 17.0 Å². The molecule has 2 heterocycles. The van der Waals surface area contributed by atoms with E-state index in [0.29, 0.717) is 0 Å². The maximum absolute atomic E-state index is 2.66. The molecule has 0 radical (unpaired) electrons. The number of benzene rings is 1. The lowest BCUT2D eigenvalue weighted by atomic mass is 9.73. The minimum atomic E-state index is 0. The Morgan fingerprint density at radius 2 is 1.95 bits per heavy atom. The lowest BCUT2D eigenvalue weighted by Crippen LogP contribution is -2.48. The minimum Gasteiger partial charge on any atom is -0.296 e. The highest BCUT2D eigenvalue weighted by Crippen LogP contribution is 2.45. The number of likely N-dealkylation sites (N-methyl/N-ethyl adjacent to an activating group) is 1. The molecule has 0 aromatic heterocycles. The molecule has 102 valence electrons. The molecule has 0 N–H and O–H groups in total. The molecule has 2 heteroatoms. The normalized spacial score (nSPS) is 29.3. The summed E-state index contributed by atoms with van der Waals surface area (Å²) in [5.41, 5.74) is 6.64. The third-order valence-electron chi connectivity index (χ3n) is 5.32. The summed E-state index contributed by atoms with van der Waals surface area (Å²) in [6.45, 7) is 0. The van der Waals surface area contributed by atoms with Gasteiger partial charge in [-0.05, 0) is 67.8 Å². The first-order chi connectivity index (χ1) is 8.84. The highest BCUT2D eigenvalue weighted by atomic mass is 79.9. The van der Waals surface area contributed by atoms with Gasteiger partial charge in [0.15, 0.2) is 0 Å². The molecular formula is C17H22BrN. The molecule has 1 aromatic carbocycles. The fourth-order valence-electron chi connectivity index (χ4n) is 4.34. The summed E-state index contributed by atoms with van der Waals surface area (Å²) in [5.74, 6) is 0.